The zero-order chi connectivity index (χ0) is 17.2. The van der Waals surface area contributed by atoms with E-state index in [1.54, 1.807) is 0 Å². The van der Waals surface area contributed by atoms with Gasteiger partial charge < -0.3 is 10.6 Å². The Bertz CT molecular complexity index is 757. The highest BCUT2D eigenvalue weighted by Crippen LogP contribution is 2.28. The van der Waals surface area contributed by atoms with E-state index in [0.717, 1.165) is 50.1 Å². The zero-order valence-electron chi connectivity index (χ0n) is 14.8. The topological polar surface area (TPSA) is 59.0 Å². The molecule has 0 bridgehead atoms. The molecular formula is C20H26N4O. The van der Waals surface area contributed by atoms with Crippen molar-refractivity contribution < 1.29 is 4.79 Å². The summed E-state index contributed by atoms with van der Waals surface area (Å²) in [5, 5.41) is 11.2. The van der Waals surface area contributed by atoms with E-state index in [1.807, 2.05) is 4.68 Å². The summed E-state index contributed by atoms with van der Waals surface area (Å²) < 4.78 is 1.97. The van der Waals surface area contributed by atoms with Gasteiger partial charge in [0.1, 0.15) is 0 Å². The average molecular weight is 338 g/mol. The van der Waals surface area contributed by atoms with E-state index < -0.39 is 0 Å². The summed E-state index contributed by atoms with van der Waals surface area (Å²) in [4.78, 5) is 12.7. The molecule has 1 aromatic carbocycles. The number of hydrogen-bond acceptors (Lipinski definition) is 3. The summed E-state index contributed by atoms with van der Waals surface area (Å²) >= 11 is 0. The molecule has 132 valence electrons. The number of amides is 1. The molecule has 1 saturated heterocycles. The van der Waals surface area contributed by atoms with Crippen LogP contribution in [0.5, 0.6) is 0 Å². The Hall–Kier alpha value is -2.14. The van der Waals surface area contributed by atoms with Crippen molar-refractivity contribution in [3.05, 3.63) is 46.8 Å². The number of piperidine rings is 1. The Labute approximate surface area is 148 Å². The third-order valence-electron chi connectivity index (χ3n) is 5.37. The van der Waals surface area contributed by atoms with Crippen molar-refractivity contribution >= 4 is 5.91 Å². The molecule has 4 rings (SSSR count). The van der Waals surface area contributed by atoms with Gasteiger partial charge in [-0.25, -0.2) is 4.68 Å². The number of benzene rings is 1. The largest absolute Gasteiger partial charge is 0.350 e. The number of hydrogen-bond donors (Lipinski definition) is 2. The van der Waals surface area contributed by atoms with Gasteiger partial charge in [0.15, 0.2) is 5.69 Å². The molecule has 1 atom stereocenters. The molecule has 2 heterocycles. The highest BCUT2D eigenvalue weighted by molar-refractivity contribution is 5.94. The number of nitrogens with one attached hydrogen (secondary N) is 2. The highest BCUT2D eigenvalue weighted by Gasteiger charge is 2.27. The van der Waals surface area contributed by atoms with Crippen molar-refractivity contribution in [2.75, 3.05) is 19.6 Å². The fraction of sp³-hybridized carbons (Fsp3) is 0.500. The summed E-state index contributed by atoms with van der Waals surface area (Å²) in [6, 6.07) is 8.34. The van der Waals surface area contributed by atoms with Crippen LogP contribution < -0.4 is 10.6 Å². The van der Waals surface area contributed by atoms with Crippen LogP contribution in [0.1, 0.15) is 46.6 Å². The minimum absolute atomic E-state index is 0.0189. The number of carbonyl (C=O) groups excluding carboxylic acids is 1. The van der Waals surface area contributed by atoms with E-state index in [2.05, 4.69) is 46.9 Å². The molecular weight excluding hydrogens is 312 g/mol. The maximum Gasteiger partial charge on any atom is 0.272 e. The first-order chi connectivity index (χ1) is 12.2. The average Bonchev–Trinajstić information content (AvgIpc) is 3.24. The van der Waals surface area contributed by atoms with Crippen LogP contribution in [0.2, 0.25) is 0 Å². The van der Waals surface area contributed by atoms with Crippen molar-refractivity contribution in [1.82, 2.24) is 20.4 Å². The van der Waals surface area contributed by atoms with Gasteiger partial charge in [0.2, 0.25) is 0 Å². The van der Waals surface area contributed by atoms with E-state index in [4.69, 9.17) is 0 Å². The number of aryl methyl sites for hydroxylation is 1. The van der Waals surface area contributed by atoms with Gasteiger partial charge in [-0.15, -0.1) is 0 Å². The van der Waals surface area contributed by atoms with Crippen LogP contribution in [0.25, 0.3) is 5.69 Å². The molecule has 1 aliphatic carbocycles. The second-order valence-electron chi connectivity index (χ2n) is 7.30. The Morgan fingerprint density at radius 1 is 1.28 bits per heavy atom. The van der Waals surface area contributed by atoms with Crippen LogP contribution in [-0.2, 0) is 12.8 Å². The molecule has 1 aromatic heterocycles. The maximum absolute atomic E-state index is 12.7. The van der Waals surface area contributed by atoms with Crippen LogP contribution in [0.15, 0.2) is 24.3 Å². The SMILES string of the molecule is Cc1ccc(-n2nc(C(=O)NCC3CCCNC3)c3c2CCC3)cc1. The van der Waals surface area contributed by atoms with Gasteiger partial charge in [0.25, 0.3) is 5.91 Å². The normalized spacial score (nSPS) is 19.6. The van der Waals surface area contributed by atoms with Crippen molar-refractivity contribution in [3.63, 3.8) is 0 Å². The highest BCUT2D eigenvalue weighted by atomic mass is 16.1. The molecule has 2 aliphatic rings. The molecule has 2 aromatic rings. The van der Waals surface area contributed by atoms with E-state index in [9.17, 15) is 4.79 Å². The smallest absolute Gasteiger partial charge is 0.272 e. The molecule has 0 saturated carbocycles. The second-order valence-corrected chi connectivity index (χ2v) is 7.30. The standard InChI is InChI=1S/C20H26N4O/c1-14-7-9-16(10-8-14)24-18-6-2-5-17(18)19(23-24)20(25)22-13-15-4-3-11-21-12-15/h7-10,15,21H,2-6,11-13H2,1H3,(H,22,25). The van der Waals surface area contributed by atoms with Crippen LogP contribution in [0.4, 0.5) is 0 Å². The molecule has 1 fully saturated rings. The summed E-state index contributed by atoms with van der Waals surface area (Å²) in [7, 11) is 0. The summed E-state index contributed by atoms with van der Waals surface area (Å²) in [6.07, 6.45) is 5.43. The molecule has 5 heteroatoms. The molecule has 1 aliphatic heterocycles. The van der Waals surface area contributed by atoms with Crippen LogP contribution in [0.3, 0.4) is 0 Å². The first kappa shape index (κ1) is 16.3. The molecule has 25 heavy (non-hydrogen) atoms. The quantitative estimate of drug-likeness (QED) is 0.900. The maximum atomic E-state index is 12.7. The Balaban J connectivity index is 1.54. The number of rotatable bonds is 4. The predicted octanol–water partition coefficient (Wildman–Crippen LogP) is 2.40. The first-order valence-electron chi connectivity index (χ1n) is 9.39. The molecule has 0 radical (unpaired) electrons. The van der Waals surface area contributed by atoms with Gasteiger partial charge in [0, 0.05) is 17.8 Å². The van der Waals surface area contributed by atoms with E-state index in [-0.39, 0.29) is 5.91 Å². The van der Waals surface area contributed by atoms with Gasteiger partial charge >= 0.3 is 0 Å². The van der Waals surface area contributed by atoms with Crippen molar-refractivity contribution in [2.24, 2.45) is 5.92 Å². The number of carbonyl (C=O) groups is 1. The van der Waals surface area contributed by atoms with Crippen molar-refractivity contribution in [1.29, 1.82) is 0 Å². The first-order valence-corrected chi connectivity index (χ1v) is 9.39. The Morgan fingerprint density at radius 2 is 2.12 bits per heavy atom. The summed E-state index contributed by atoms with van der Waals surface area (Å²) in [5.74, 6) is 0.513. The van der Waals surface area contributed by atoms with E-state index in [1.165, 1.54) is 24.1 Å². The van der Waals surface area contributed by atoms with Gasteiger partial charge in [-0.2, -0.15) is 5.10 Å². The lowest BCUT2D eigenvalue weighted by Gasteiger charge is -2.22. The lowest BCUT2D eigenvalue weighted by atomic mass is 10.00. The molecule has 1 amide bonds. The minimum Gasteiger partial charge on any atom is -0.350 e. The zero-order valence-corrected chi connectivity index (χ0v) is 14.8. The molecule has 0 spiro atoms. The van der Waals surface area contributed by atoms with Gasteiger partial charge in [0.05, 0.1) is 5.69 Å². The van der Waals surface area contributed by atoms with Gasteiger partial charge in [-0.3, -0.25) is 4.79 Å². The van der Waals surface area contributed by atoms with Gasteiger partial charge in [-0.1, -0.05) is 17.7 Å². The third kappa shape index (κ3) is 3.33. The summed E-state index contributed by atoms with van der Waals surface area (Å²) in [6.45, 7) is 4.91. The van der Waals surface area contributed by atoms with Crippen LogP contribution in [-0.4, -0.2) is 35.3 Å². The van der Waals surface area contributed by atoms with Crippen molar-refractivity contribution in [2.45, 2.75) is 39.0 Å². The minimum atomic E-state index is -0.0189. The van der Waals surface area contributed by atoms with E-state index in [0.29, 0.717) is 11.6 Å². The van der Waals surface area contributed by atoms with Gasteiger partial charge in [-0.05, 0) is 70.2 Å². The number of nitrogens with zero attached hydrogens (tertiary/aromatic N) is 2. The van der Waals surface area contributed by atoms with Crippen molar-refractivity contribution in [3.8, 4) is 5.69 Å². The number of fused-ring (bicyclic) bond motifs is 1. The number of aromatic nitrogens is 2. The molecule has 1 unspecified atom stereocenters. The Kier molecular flexibility index (Phi) is 4.57. The Morgan fingerprint density at radius 3 is 2.88 bits per heavy atom. The third-order valence-corrected chi connectivity index (χ3v) is 5.37. The fourth-order valence-corrected chi connectivity index (χ4v) is 3.94. The monoisotopic (exact) mass is 338 g/mol. The lowest BCUT2D eigenvalue weighted by molar-refractivity contribution is 0.0938. The second kappa shape index (κ2) is 7.00. The van der Waals surface area contributed by atoms with Crippen LogP contribution >= 0.6 is 0 Å². The molecule has 5 nitrogen and oxygen atoms in total. The lowest BCUT2D eigenvalue weighted by Crippen LogP contribution is -2.38. The summed E-state index contributed by atoms with van der Waals surface area (Å²) in [5.41, 5.74) is 5.23. The van der Waals surface area contributed by atoms with E-state index >= 15 is 0 Å². The molecule has 2 N–H and O–H groups in total. The van der Waals surface area contributed by atoms with Crippen LogP contribution in [0, 0.1) is 12.8 Å². The fourth-order valence-electron chi connectivity index (χ4n) is 3.94. The predicted molar refractivity (Wildman–Crippen MR) is 98.3 cm³/mol.